The third kappa shape index (κ3) is 4.35. The van der Waals surface area contributed by atoms with E-state index in [2.05, 4.69) is 4.98 Å². The summed E-state index contributed by atoms with van der Waals surface area (Å²) in [6.45, 7) is 0. The van der Waals surface area contributed by atoms with Gasteiger partial charge in [-0.15, -0.1) is 0 Å². The molecule has 0 saturated carbocycles. The van der Waals surface area contributed by atoms with Crippen LogP contribution in [0.4, 0.5) is 13.2 Å². The minimum atomic E-state index is -4.71. The minimum Gasteiger partial charge on any atom is -0.494 e. The number of alkyl halides is 3. The molecule has 0 aliphatic carbocycles. The smallest absolute Gasteiger partial charge is 0.434 e. The summed E-state index contributed by atoms with van der Waals surface area (Å²) in [5.41, 5.74) is -0.726. The van der Waals surface area contributed by atoms with E-state index in [1.165, 1.54) is 43.5 Å². The molecule has 0 spiro atoms. The minimum absolute atomic E-state index is 0.0858. The van der Waals surface area contributed by atoms with Crippen molar-refractivity contribution in [1.82, 2.24) is 9.55 Å². The zero-order chi connectivity index (χ0) is 21.6. The molecule has 0 fully saturated rings. The van der Waals surface area contributed by atoms with Crippen molar-refractivity contribution < 1.29 is 26.3 Å². The Balaban J connectivity index is 2.22. The molecule has 0 saturated heterocycles. The third-order valence-corrected chi connectivity index (χ3v) is 5.39. The molecule has 0 aliphatic heterocycles. The van der Waals surface area contributed by atoms with Crippen LogP contribution >= 0.6 is 23.2 Å². The van der Waals surface area contributed by atoms with Crippen molar-refractivity contribution in [3.05, 3.63) is 58.3 Å². The number of nitrogens with zero attached hydrogens (tertiary/aromatic N) is 2. The molecule has 0 bridgehead atoms. The quantitative estimate of drug-likeness (QED) is 0.613. The first kappa shape index (κ1) is 21.4. The number of halogens is 5. The largest absolute Gasteiger partial charge is 0.494 e. The molecule has 0 atom stereocenters. The van der Waals surface area contributed by atoms with Crippen LogP contribution in [0.5, 0.6) is 5.75 Å². The van der Waals surface area contributed by atoms with E-state index in [0.29, 0.717) is 0 Å². The van der Waals surface area contributed by atoms with Crippen molar-refractivity contribution in [3.63, 3.8) is 0 Å². The highest BCUT2D eigenvalue weighted by molar-refractivity contribution is 7.89. The number of methoxy groups -OCH3 is 1. The standard InChI is InChI=1S/C17H12Cl2F3N3O3S/c1-28-15-12(18)6-9(7-13(15)19)16-24-14(17(20,21)22)8-25(16)10-2-4-11(5-3-10)29(23,26)27/h2-8H,1H3,(H2,23,26,27). The van der Waals surface area contributed by atoms with Crippen LogP contribution in [-0.2, 0) is 16.2 Å². The topological polar surface area (TPSA) is 87.2 Å². The molecule has 1 aromatic heterocycles. The van der Waals surface area contributed by atoms with Gasteiger partial charge in [-0.1, -0.05) is 23.2 Å². The van der Waals surface area contributed by atoms with Crippen LogP contribution in [0.25, 0.3) is 17.1 Å². The van der Waals surface area contributed by atoms with Crippen molar-refractivity contribution >= 4 is 33.2 Å². The van der Waals surface area contributed by atoms with Crippen LogP contribution in [0.2, 0.25) is 10.0 Å². The lowest BCUT2D eigenvalue weighted by Crippen LogP contribution is -2.12. The number of hydrogen-bond donors (Lipinski definition) is 1. The van der Waals surface area contributed by atoms with E-state index in [4.69, 9.17) is 33.1 Å². The Kier molecular flexibility index (Phi) is 5.56. The molecule has 0 amide bonds. The summed E-state index contributed by atoms with van der Waals surface area (Å²) in [6, 6.07) is 7.69. The predicted molar refractivity (Wildman–Crippen MR) is 102 cm³/mol. The first-order chi connectivity index (χ1) is 13.4. The zero-order valence-corrected chi connectivity index (χ0v) is 16.9. The van der Waals surface area contributed by atoms with Gasteiger partial charge in [0, 0.05) is 17.4 Å². The molecule has 0 aliphatic rings. The van der Waals surface area contributed by atoms with Crippen LogP contribution in [0, 0.1) is 0 Å². The number of imidazole rings is 1. The molecule has 6 nitrogen and oxygen atoms in total. The van der Waals surface area contributed by atoms with Crippen molar-refractivity contribution in [1.29, 1.82) is 0 Å². The van der Waals surface area contributed by atoms with Gasteiger partial charge in [0.1, 0.15) is 5.82 Å². The summed E-state index contributed by atoms with van der Waals surface area (Å²) in [5.74, 6) is 0.0656. The fourth-order valence-corrected chi connectivity index (χ4v) is 3.75. The summed E-state index contributed by atoms with van der Waals surface area (Å²) in [4.78, 5) is 3.49. The Morgan fingerprint density at radius 2 is 1.66 bits per heavy atom. The second kappa shape index (κ2) is 7.52. The zero-order valence-electron chi connectivity index (χ0n) is 14.5. The number of hydrogen-bond acceptors (Lipinski definition) is 4. The van der Waals surface area contributed by atoms with E-state index in [9.17, 15) is 21.6 Å². The lowest BCUT2D eigenvalue weighted by atomic mass is 10.2. The number of rotatable bonds is 4. The van der Waals surface area contributed by atoms with Crippen molar-refractivity contribution in [3.8, 4) is 22.8 Å². The first-order valence-corrected chi connectivity index (χ1v) is 10.1. The molecular weight excluding hydrogens is 454 g/mol. The molecule has 0 radical (unpaired) electrons. The molecule has 3 rings (SSSR count). The van der Waals surface area contributed by atoms with Gasteiger partial charge in [0.25, 0.3) is 0 Å². The summed E-state index contributed by atoms with van der Waals surface area (Å²) < 4.78 is 68.8. The molecule has 154 valence electrons. The maximum atomic E-state index is 13.3. The Morgan fingerprint density at radius 1 is 1.10 bits per heavy atom. The van der Waals surface area contributed by atoms with Crippen LogP contribution in [0.1, 0.15) is 5.69 Å². The highest BCUT2D eigenvalue weighted by Crippen LogP contribution is 2.39. The van der Waals surface area contributed by atoms with Gasteiger partial charge in [0.2, 0.25) is 10.0 Å². The molecule has 12 heteroatoms. The van der Waals surface area contributed by atoms with Gasteiger partial charge in [-0.3, -0.25) is 4.57 Å². The van der Waals surface area contributed by atoms with Gasteiger partial charge in [-0.2, -0.15) is 13.2 Å². The molecule has 1 heterocycles. The predicted octanol–water partition coefficient (Wildman–Crippen LogP) is 4.52. The molecule has 0 unspecified atom stereocenters. The number of nitrogens with two attached hydrogens (primary N) is 1. The fraction of sp³-hybridized carbons (Fsp3) is 0.118. The van der Waals surface area contributed by atoms with Gasteiger partial charge in [0.15, 0.2) is 11.4 Å². The number of ether oxygens (including phenoxy) is 1. The van der Waals surface area contributed by atoms with Gasteiger partial charge in [-0.25, -0.2) is 18.5 Å². The van der Waals surface area contributed by atoms with Crippen molar-refractivity contribution in [2.75, 3.05) is 7.11 Å². The van der Waals surface area contributed by atoms with Gasteiger partial charge >= 0.3 is 6.18 Å². The van der Waals surface area contributed by atoms with Crippen LogP contribution in [-0.4, -0.2) is 25.1 Å². The Morgan fingerprint density at radius 3 is 2.10 bits per heavy atom. The maximum absolute atomic E-state index is 13.3. The summed E-state index contributed by atoms with van der Waals surface area (Å²) in [7, 11) is -2.60. The first-order valence-electron chi connectivity index (χ1n) is 7.75. The number of benzene rings is 2. The summed E-state index contributed by atoms with van der Waals surface area (Å²) in [5, 5.41) is 5.22. The lowest BCUT2D eigenvalue weighted by Gasteiger charge is -2.11. The van der Waals surface area contributed by atoms with E-state index in [1.807, 2.05) is 0 Å². The molecule has 2 aromatic carbocycles. The highest BCUT2D eigenvalue weighted by Gasteiger charge is 2.35. The average molecular weight is 466 g/mol. The van der Waals surface area contributed by atoms with Crippen LogP contribution < -0.4 is 9.88 Å². The number of sulfonamides is 1. The van der Waals surface area contributed by atoms with Crippen LogP contribution in [0.3, 0.4) is 0 Å². The molecule has 2 N–H and O–H groups in total. The number of aromatic nitrogens is 2. The van der Waals surface area contributed by atoms with Crippen molar-refractivity contribution in [2.24, 2.45) is 5.14 Å². The lowest BCUT2D eigenvalue weighted by molar-refractivity contribution is -0.140. The average Bonchev–Trinajstić information content (AvgIpc) is 3.06. The fourth-order valence-electron chi connectivity index (χ4n) is 2.60. The van der Waals surface area contributed by atoms with Crippen molar-refractivity contribution in [2.45, 2.75) is 11.1 Å². The van der Waals surface area contributed by atoms with Gasteiger partial charge in [0.05, 0.1) is 22.1 Å². The van der Waals surface area contributed by atoms with E-state index in [-0.39, 0.29) is 37.8 Å². The maximum Gasteiger partial charge on any atom is 0.434 e. The van der Waals surface area contributed by atoms with E-state index in [1.54, 1.807) is 0 Å². The third-order valence-electron chi connectivity index (χ3n) is 3.90. The summed E-state index contributed by atoms with van der Waals surface area (Å²) >= 11 is 12.2. The molecular formula is C17H12Cl2F3N3O3S. The van der Waals surface area contributed by atoms with E-state index < -0.39 is 21.9 Å². The van der Waals surface area contributed by atoms with E-state index in [0.717, 1.165) is 10.8 Å². The Hall–Kier alpha value is -2.27. The van der Waals surface area contributed by atoms with Crippen LogP contribution in [0.15, 0.2) is 47.5 Å². The summed E-state index contributed by atoms with van der Waals surface area (Å²) in [6.07, 6.45) is -3.92. The molecule has 29 heavy (non-hydrogen) atoms. The second-order valence-corrected chi connectivity index (χ2v) is 8.21. The monoisotopic (exact) mass is 465 g/mol. The number of primary sulfonamides is 1. The highest BCUT2D eigenvalue weighted by atomic mass is 35.5. The Labute approximate surface area is 173 Å². The normalized spacial score (nSPS) is 12.2. The Bertz CT molecular complexity index is 1150. The van der Waals surface area contributed by atoms with E-state index >= 15 is 0 Å². The second-order valence-electron chi connectivity index (χ2n) is 5.83. The van der Waals surface area contributed by atoms with Gasteiger partial charge in [-0.05, 0) is 36.4 Å². The molecule has 3 aromatic rings. The SMILES string of the molecule is COc1c(Cl)cc(-c2nc(C(F)(F)F)cn2-c2ccc(S(N)(=O)=O)cc2)cc1Cl. The van der Waals surface area contributed by atoms with Gasteiger partial charge < -0.3 is 4.74 Å².